The van der Waals surface area contributed by atoms with Crippen LogP contribution in [0.3, 0.4) is 0 Å². The van der Waals surface area contributed by atoms with Gasteiger partial charge in [0.15, 0.2) is 11.6 Å². The maximum Gasteiger partial charge on any atom is 0.152 e. The number of anilines is 1. The van der Waals surface area contributed by atoms with Crippen LogP contribution in [0.1, 0.15) is 19.1 Å². The molecule has 0 radical (unpaired) electrons. The topological polar surface area (TPSA) is 25.2 Å². The van der Waals surface area contributed by atoms with Gasteiger partial charge in [-0.3, -0.25) is 0 Å². The third-order valence-corrected chi connectivity index (χ3v) is 2.80. The second-order valence-corrected chi connectivity index (χ2v) is 4.41. The van der Waals surface area contributed by atoms with E-state index in [-0.39, 0.29) is 11.7 Å². The molecule has 1 aromatic heterocycles. The lowest BCUT2D eigenvalue weighted by molar-refractivity contribution is 0.493. The molecule has 2 aromatic rings. The van der Waals surface area contributed by atoms with Gasteiger partial charge in [-0.15, -0.1) is 0 Å². The molecule has 0 aliphatic rings. The molecule has 5 heteroatoms. The molecule has 1 N–H and O–H groups in total. The van der Waals surface area contributed by atoms with E-state index in [4.69, 9.17) is 4.42 Å². The summed E-state index contributed by atoms with van der Waals surface area (Å²) >= 11 is 0. The van der Waals surface area contributed by atoms with Crippen molar-refractivity contribution in [1.29, 1.82) is 0 Å². The van der Waals surface area contributed by atoms with E-state index >= 15 is 0 Å². The van der Waals surface area contributed by atoms with Crippen LogP contribution in [0.15, 0.2) is 34.9 Å². The van der Waals surface area contributed by atoms with Crippen LogP contribution in [0.4, 0.5) is 18.9 Å². The first kappa shape index (κ1) is 13.5. The maximum absolute atomic E-state index is 13.4. The SMILES string of the molecule is CC(CCc1ccco1)Nc1c(F)cc(F)cc1F. The molecule has 1 unspecified atom stereocenters. The van der Waals surface area contributed by atoms with Crippen molar-refractivity contribution < 1.29 is 17.6 Å². The van der Waals surface area contributed by atoms with Gasteiger partial charge < -0.3 is 9.73 Å². The van der Waals surface area contributed by atoms with Crippen LogP contribution in [0.25, 0.3) is 0 Å². The average molecular weight is 269 g/mol. The third-order valence-electron chi connectivity index (χ3n) is 2.80. The first-order chi connectivity index (χ1) is 9.06. The molecule has 1 heterocycles. The van der Waals surface area contributed by atoms with Crippen LogP contribution in [-0.4, -0.2) is 6.04 Å². The molecule has 0 aliphatic carbocycles. The average Bonchev–Trinajstić information content (AvgIpc) is 2.84. The van der Waals surface area contributed by atoms with Gasteiger partial charge in [0, 0.05) is 24.6 Å². The molecule has 0 saturated heterocycles. The Morgan fingerprint density at radius 2 is 1.89 bits per heavy atom. The fraction of sp³-hybridized carbons (Fsp3) is 0.286. The number of hydrogen-bond donors (Lipinski definition) is 1. The highest BCUT2D eigenvalue weighted by molar-refractivity contribution is 5.47. The molecule has 0 amide bonds. The minimum atomic E-state index is -0.928. The Balaban J connectivity index is 1.97. The molecule has 0 fully saturated rings. The summed E-state index contributed by atoms with van der Waals surface area (Å²) in [7, 11) is 0. The molecule has 0 spiro atoms. The number of furan rings is 1. The molecule has 2 nitrogen and oxygen atoms in total. The zero-order valence-electron chi connectivity index (χ0n) is 10.4. The minimum Gasteiger partial charge on any atom is -0.469 e. The fourth-order valence-corrected chi connectivity index (χ4v) is 1.81. The predicted molar refractivity (Wildman–Crippen MR) is 66.4 cm³/mol. The molecular weight excluding hydrogens is 255 g/mol. The van der Waals surface area contributed by atoms with E-state index < -0.39 is 17.5 Å². The predicted octanol–water partition coefficient (Wildman–Crippen LogP) is 4.13. The molecule has 0 saturated carbocycles. The van der Waals surface area contributed by atoms with Gasteiger partial charge in [0.05, 0.1) is 6.26 Å². The highest BCUT2D eigenvalue weighted by atomic mass is 19.1. The molecule has 0 bridgehead atoms. The Labute approximate surface area is 109 Å². The van der Waals surface area contributed by atoms with Gasteiger partial charge >= 0.3 is 0 Å². The van der Waals surface area contributed by atoms with E-state index in [2.05, 4.69) is 5.32 Å². The molecule has 2 rings (SSSR count). The molecule has 19 heavy (non-hydrogen) atoms. The Hall–Kier alpha value is -1.91. The van der Waals surface area contributed by atoms with Crippen LogP contribution >= 0.6 is 0 Å². The maximum atomic E-state index is 13.4. The highest BCUT2D eigenvalue weighted by Crippen LogP contribution is 2.21. The zero-order valence-corrected chi connectivity index (χ0v) is 10.4. The van der Waals surface area contributed by atoms with Crippen molar-refractivity contribution in [3.05, 3.63) is 53.7 Å². The fourth-order valence-electron chi connectivity index (χ4n) is 1.81. The summed E-state index contributed by atoms with van der Waals surface area (Å²) in [6.45, 7) is 1.80. The summed E-state index contributed by atoms with van der Waals surface area (Å²) in [6, 6.07) is 4.77. The quantitative estimate of drug-likeness (QED) is 0.882. The summed E-state index contributed by atoms with van der Waals surface area (Å²) in [4.78, 5) is 0. The van der Waals surface area contributed by atoms with Crippen LogP contribution in [-0.2, 0) is 6.42 Å². The van der Waals surface area contributed by atoms with Crippen LogP contribution in [0, 0.1) is 17.5 Å². The number of nitrogens with one attached hydrogen (secondary N) is 1. The lowest BCUT2D eigenvalue weighted by Crippen LogP contribution is -2.18. The molecule has 1 atom stereocenters. The summed E-state index contributed by atoms with van der Waals surface area (Å²) in [6.07, 6.45) is 2.88. The van der Waals surface area contributed by atoms with Crippen molar-refractivity contribution in [2.45, 2.75) is 25.8 Å². The van der Waals surface area contributed by atoms with Gasteiger partial charge in [-0.1, -0.05) is 0 Å². The number of rotatable bonds is 5. The van der Waals surface area contributed by atoms with Gasteiger partial charge in [-0.05, 0) is 25.5 Å². The highest BCUT2D eigenvalue weighted by Gasteiger charge is 2.14. The number of benzene rings is 1. The Morgan fingerprint density at radius 1 is 1.21 bits per heavy atom. The molecule has 102 valence electrons. The molecular formula is C14H14F3NO. The second kappa shape index (κ2) is 5.82. The van der Waals surface area contributed by atoms with Crippen molar-refractivity contribution in [1.82, 2.24) is 0 Å². The standard InChI is InChI=1S/C14H14F3NO/c1-9(4-5-11-3-2-6-19-11)18-14-12(16)7-10(15)8-13(14)17/h2-3,6-9,18H,4-5H2,1H3. The van der Waals surface area contributed by atoms with Crippen molar-refractivity contribution in [2.75, 3.05) is 5.32 Å². The lowest BCUT2D eigenvalue weighted by atomic mass is 10.1. The van der Waals surface area contributed by atoms with E-state index in [1.807, 2.05) is 6.07 Å². The summed E-state index contributed by atoms with van der Waals surface area (Å²) < 4.78 is 44.8. The smallest absolute Gasteiger partial charge is 0.152 e. The third kappa shape index (κ3) is 3.53. The van der Waals surface area contributed by atoms with E-state index in [1.54, 1.807) is 19.3 Å². The second-order valence-electron chi connectivity index (χ2n) is 4.41. The van der Waals surface area contributed by atoms with Crippen molar-refractivity contribution in [2.24, 2.45) is 0 Å². The van der Waals surface area contributed by atoms with E-state index in [0.717, 1.165) is 5.76 Å². The number of aryl methyl sites for hydroxylation is 1. The van der Waals surface area contributed by atoms with E-state index in [9.17, 15) is 13.2 Å². The van der Waals surface area contributed by atoms with Crippen LogP contribution < -0.4 is 5.32 Å². The summed E-state index contributed by atoms with van der Waals surface area (Å²) in [5.74, 6) is -1.97. The van der Waals surface area contributed by atoms with Gasteiger partial charge in [0.2, 0.25) is 0 Å². The Kier molecular flexibility index (Phi) is 4.14. The molecule has 1 aromatic carbocycles. The first-order valence-electron chi connectivity index (χ1n) is 5.99. The summed E-state index contributed by atoms with van der Waals surface area (Å²) in [5.41, 5.74) is -0.298. The van der Waals surface area contributed by atoms with Gasteiger partial charge in [-0.2, -0.15) is 0 Å². The largest absolute Gasteiger partial charge is 0.469 e. The number of halogens is 3. The van der Waals surface area contributed by atoms with Crippen LogP contribution in [0.2, 0.25) is 0 Å². The number of hydrogen-bond acceptors (Lipinski definition) is 2. The molecule has 0 aliphatic heterocycles. The van der Waals surface area contributed by atoms with Crippen molar-refractivity contribution in [3.8, 4) is 0 Å². The van der Waals surface area contributed by atoms with E-state index in [1.165, 1.54) is 0 Å². The Bertz CT molecular complexity index is 517. The first-order valence-corrected chi connectivity index (χ1v) is 5.99. The van der Waals surface area contributed by atoms with Crippen molar-refractivity contribution >= 4 is 5.69 Å². The zero-order chi connectivity index (χ0) is 13.8. The van der Waals surface area contributed by atoms with Gasteiger partial charge in [0.25, 0.3) is 0 Å². The van der Waals surface area contributed by atoms with Gasteiger partial charge in [0.1, 0.15) is 17.3 Å². The summed E-state index contributed by atoms with van der Waals surface area (Å²) in [5, 5.41) is 2.71. The van der Waals surface area contributed by atoms with Gasteiger partial charge in [-0.25, -0.2) is 13.2 Å². The van der Waals surface area contributed by atoms with Crippen molar-refractivity contribution in [3.63, 3.8) is 0 Å². The lowest BCUT2D eigenvalue weighted by Gasteiger charge is -2.15. The van der Waals surface area contributed by atoms with Crippen LogP contribution in [0.5, 0.6) is 0 Å². The van der Waals surface area contributed by atoms with E-state index in [0.29, 0.717) is 25.0 Å². The monoisotopic (exact) mass is 269 g/mol. The normalized spacial score (nSPS) is 12.4. The minimum absolute atomic E-state index is 0.167. The Morgan fingerprint density at radius 3 is 2.47 bits per heavy atom.